The van der Waals surface area contributed by atoms with Crippen molar-refractivity contribution in [2.75, 3.05) is 0 Å². The molecule has 0 saturated heterocycles. The first-order valence-corrected chi connectivity index (χ1v) is 8.36. The Morgan fingerprint density at radius 2 is 1.48 bits per heavy atom. The quantitative estimate of drug-likeness (QED) is 0.710. The Bertz CT molecular complexity index is 798. The summed E-state index contributed by atoms with van der Waals surface area (Å²) in [6, 6.07) is 15.4. The number of nitrogens with zero attached hydrogens (tertiary/aromatic N) is 2. The van der Waals surface area contributed by atoms with Crippen LogP contribution in [0.15, 0.2) is 67.3 Å². The Morgan fingerprint density at radius 1 is 0.920 bits per heavy atom. The molecule has 5 nitrogen and oxygen atoms in total. The molecular formula is C19H19ClN4O. The molecular weight excluding hydrogens is 336 g/mol. The zero-order valence-electron chi connectivity index (χ0n) is 13.7. The molecule has 0 radical (unpaired) electrons. The number of rotatable bonds is 6. The Balaban J connectivity index is 1.43. The number of urea groups is 1. The highest BCUT2D eigenvalue weighted by Gasteiger charge is 2.02. The lowest BCUT2D eigenvalue weighted by Gasteiger charge is -2.09. The van der Waals surface area contributed by atoms with Gasteiger partial charge in [0, 0.05) is 37.1 Å². The summed E-state index contributed by atoms with van der Waals surface area (Å²) >= 11 is 5.84. The molecule has 128 valence electrons. The predicted molar refractivity (Wildman–Crippen MR) is 98.3 cm³/mol. The van der Waals surface area contributed by atoms with Gasteiger partial charge < -0.3 is 15.2 Å². The molecule has 0 unspecified atom stereocenters. The molecule has 0 fully saturated rings. The second-order valence-electron chi connectivity index (χ2n) is 5.71. The number of benzene rings is 2. The van der Waals surface area contributed by atoms with Gasteiger partial charge in [0.2, 0.25) is 0 Å². The highest BCUT2D eigenvalue weighted by molar-refractivity contribution is 6.30. The minimum atomic E-state index is -0.197. The van der Waals surface area contributed by atoms with Crippen LogP contribution >= 0.6 is 11.6 Å². The standard InChI is InChI=1S/C19H19ClN4O/c20-18-7-5-16(6-8-18)12-23-19(25)22-11-15-1-3-17(4-2-15)13-24-10-9-21-14-24/h1-10,14H,11-13H2,(H2,22,23,25). The zero-order valence-corrected chi connectivity index (χ0v) is 14.4. The third-order valence-corrected chi connectivity index (χ3v) is 4.02. The lowest BCUT2D eigenvalue weighted by Crippen LogP contribution is -2.34. The summed E-state index contributed by atoms with van der Waals surface area (Å²) in [4.78, 5) is 15.9. The topological polar surface area (TPSA) is 59.0 Å². The fraction of sp³-hybridized carbons (Fsp3) is 0.158. The van der Waals surface area contributed by atoms with Crippen LogP contribution in [0.4, 0.5) is 4.79 Å². The van der Waals surface area contributed by atoms with Crippen molar-refractivity contribution in [1.82, 2.24) is 20.2 Å². The molecule has 0 aliphatic heterocycles. The van der Waals surface area contributed by atoms with E-state index in [4.69, 9.17) is 11.6 Å². The van der Waals surface area contributed by atoms with E-state index in [2.05, 4.69) is 27.8 Å². The van der Waals surface area contributed by atoms with Crippen LogP contribution in [0.5, 0.6) is 0 Å². The number of hydrogen-bond donors (Lipinski definition) is 2. The number of carbonyl (C=O) groups excluding carboxylic acids is 1. The maximum Gasteiger partial charge on any atom is 0.315 e. The van der Waals surface area contributed by atoms with Gasteiger partial charge in [0.25, 0.3) is 0 Å². The molecule has 0 atom stereocenters. The first-order valence-electron chi connectivity index (χ1n) is 7.99. The molecule has 3 aromatic rings. The van der Waals surface area contributed by atoms with Gasteiger partial charge in [-0.2, -0.15) is 0 Å². The second-order valence-corrected chi connectivity index (χ2v) is 6.15. The van der Waals surface area contributed by atoms with Crippen LogP contribution in [-0.4, -0.2) is 15.6 Å². The van der Waals surface area contributed by atoms with Gasteiger partial charge in [0.15, 0.2) is 0 Å². The molecule has 2 aromatic carbocycles. The average molecular weight is 355 g/mol. The van der Waals surface area contributed by atoms with Gasteiger partial charge in [-0.05, 0) is 28.8 Å². The number of imidazole rings is 1. The van der Waals surface area contributed by atoms with E-state index >= 15 is 0 Å². The van der Waals surface area contributed by atoms with Crippen molar-refractivity contribution >= 4 is 17.6 Å². The lowest BCUT2D eigenvalue weighted by molar-refractivity contribution is 0.240. The molecule has 0 aliphatic rings. The fourth-order valence-electron chi connectivity index (χ4n) is 2.38. The van der Waals surface area contributed by atoms with Gasteiger partial charge in [-0.25, -0.2) is 9.78 Å². The summed E-state index contributed by atoms with van der Waals surface area (Å²) < 4.78 is 2.01. The second kappa shape index (κ2) is 8.35. The van der Waals surface area contributed by atoms with Crippen LogP contribution in [-0.2, 0) is 19.6 Å². The minimum Gasteiger partial charge on any atom is -0.334 e. The van der Waals surface area contributed by atoms with Crippen molar-refractivity contribution in [3.8, 4) is 0 Å². The highest BCUT2D eigenvalue weighted by atomic mass is 35.5. The van der Waals surface area contributed by atoms with Crippen molar-refractivity contribution in [1.29, 1.82) is 0 Å². The van der Waals surface area contributed by atoms with Crippen molar-refractivity contribution in [3.05, 3.63) is 89.0 Å². The van der Waals surface area contributed by atoms with Crippen LogP contribution in [0.3, 0.4) is 0 Å². The van der Waals surface area contributed by atoms with Gasteiger partial charge in [0.1, 0.15) is 0 Å². The Morgan fingerprint density at radius 3 is 2.04 bits per heavy atom. The minimum absolute atomic E-state index is 0.197. The maximum absolute atomic E-state index is 11.9. The normalized spacial score (nSPS) is 10.4. The first-order chi connectivity index (χ1) is 12.2. The van der Waals surface area contributed by atoms with Crippen LogP contribution in [0.2, 0.25) is 5.02 Å². The largest absolute Gasteiger partial charge is 0.334 e. The molecule has 2 N–H and O–H groups in total. The Kier molecular flexibility index (Phi) is 5.69. The molecule has 1 heterocycles. The number of carbonyl (C=O) groups is 1. The molecule has 0 aliphatic carbocycles. The molecule has 25 heavy (non-hydrogen) atoms. The van der Waals surface area contributed by atoms with E-state index in [-0.39, 0.29) is 6.03 Å². The molecule has 0 spiro atoms. The summed E-state index contributed by atoms with van der Waals surface area (Å²) in [5, 5.41) is 6.37. The van der Waals surface area contributed by atoms with E-state index in [0.29, 0.717) is 18.1 Å². The predicted octanol–water partition coefficient (Wildman–Crippen LogP) is 3.58. The molecule has 2 amide bonds. The smallest absolute Gasteiger partial charge is 0.315 e. The van der Waals surface area contributed by atoms with Gasteiger partial charge in [-0.1, -0.05) is 48.0 Å². The summed E-state index contributed by atoms with van der Waals surface area (Å²) in [5.74, 6) is 0. The molecule has 6 heteroatoms. The summed E-state index contributed by atoms with van der Waals surface area (Å²) in [6.45, 7) is 1.74. The molecule has 0 bridgehead atoms. The van der Waals surface area contributed by atoms with Crippen molar-refractivity contribution in [3.63, 3.8) is 0 Å². The summed E-state index contributed by atoms with van der Waals surface area (Å²) in [7, 11) is 0. The molecule has 1 aromatic heterocycles. The number of amides is 2. The highest BCUT2D eigenvalue weighted by Crippen LogP contribution is 2.09. The number of hydrogen-bond acceptors (Lipinski definition) is 2. The van der Waals surface area contributed by atoms with Gasteiger partial charge in [-0.15, -0.1) is 0 Å². The lowest BCUT2D eigenvalue weighted by atomic mass is 10.1. The number of nitrogens with one attached hydrogen (secondary N) is 2. The third-order valence-electron chi connectivity index (χ3n) is 3.77. The van der Waals surface area contributed by atoms with Gasteiger partial charge >= 0.3 is 6.03 Å². The van der Waals surface area contributed by atoms with Crippen LogP contribution in [0.1, 0.15) is 16.7 Å². The van der Waals surface area contributed by atoms with E-state index in [0.717, 1.165) is 17.7 Å². The van der Waals surface area contributed by atoms with E-state index in [1.165, 1.54) is 5.56 Å². The van der Waals surface area contributed by atoms with Crippen molar-refractivity contribution in [2.24, 2.45) is 0 Å². The van der Waals surface area contributed by atoms with E-state index < -0.39 is 0 Å². The zero-order chi connectivity index (χ0) is 17.5. The third kappa shape index (κ3) is 5.36. The Labute approximate surface area is 151 Å². The van der Waals surface area contributed by atoms with E-state index in [1.54, 1.807) is 12.5 Å². The molecule has 3 rings (SSSR count). The van der Waals surface area contributed by atoms with E-state index in [1.807, 2.05) is 47.2 Å². The number of aromatic nitrogens is 2. The first kappa shape index (κ1) is 17.0. The Hall–Kier alpha value is -2.79. The summed E-state index contributed by atoms with van der Waals surface area (Å²) in [6.07, 6.45) is 5.49. The van der Waals surface area contributed by atoms with Crippen LogP contribution in [0.25, 0.3) is 0 Å². The van der Waals surface area contributed by atoms with Gasteiger partial charge in [-0.3, -0.25) is 0 Å². The van der Waals surface area contributed by atoms with E-state index in [9.17, 15) is 4.79 Å². The van der Waals surface area contributed by atoms with Crippen molar-refractivity contribution < 1.29 is 4.79 Å². The fourth-order valence-corrected chi connectivity index (χ4v) is 2.51. The monoisotopic (exact) mass is 354 g/mol. The van der Waals surface area contributed by atoms with Crippen LogP contribution in [0, 0.1) is 0 Å². The summed E-state index contributed by atoms with van der Waals surface area (Å²) in [5.41, 5.74) is 3.24. The van der Waals surface area contributed by atoms with Crippen molar-refractivity contribution in [2.45, 2.75) is 19.6 Å². The number of halogens is 1. The van der Waals surface area contributed by atoms with Gasteiger partial charge in [0.05, 0.1) is 6.33 Å². The van der Waals surface area contributed by atoms with Crippen LogP contribution < -0.4 is 10.6 Å². The average Bonchev–Trinajstić information content (AvgIpc) is 3.14. The maximum atomic E-state index is 11.9. The molecule has 0 saturated carbocycles. The SMILES string of the molecule is O=C(NCc1ccc(Cl)cc1)NCc1ccc(Cn2ccnc2)cc1.